The fourth-order valence-electron chi connectivity index (χ4n) is 1.08. The van der Waals surface area contributed by atoms with Crippen molar-refractivity contribution in [3.63, 3.8) is 0 Å². The van der Waals surface area contributed by atoms with Gasteiger partial charge in [-0.05, 0) is 12.2 Å². The monoisotopic (exact) mass is 260 g/mol. The largest absolute Gasteiger partial charge is 0.396 e. The normalized spacial score (nSPS) is 10.9. The van der Waals surface area contributed by atoms with E-state index in [1.807, 2.05) is 0 Å². The Hall–Kier alpha value is -0.263. The molecule has 1 radical (unpaired) electrons. The maximum Gasteiger partial charge on any atom is 0.153 e. The number of nitrogens with zero attached hydrogens (tertiary/aromatic N) is 2. The van der Waals surface area contributed by atoms with Gasteiger partial charge in [-0.1, -0.05) is 30.7 Å². The molecule has 6 heteroatoms. The van der Waals surface area contributed by atoms with Crippen molar-refractivity contribution in [3.05, 3.63) is 11.2 Å². The molecular weight excluding hydrogens is 246 g/mol. The molecule has 0 amide bonds. The van der Waals surface area contributed by atoms with Crippen LogP contribution < -0.4 is 5.73 Å². The highest BCUT2D eigenvalue weighted by Crippen LogP contribution is 2.24. The Bertz CT molecular complexity index is 322. The van der Waals surface area contributed by atoms with E-state index in [0.717, 1.165) is 10.8 Å². The molecule has 0 saturated heterocycles. The van der Waals surface area contributed by atoms with Crippen LogP contribution in [0.15, 0.2) is 11.1 Å². The van der Waals surface area contributed by atoms with Crippen molar-refractivity contribution < 1.29 is 0 Å². The van der Waals surface area contributed by atoms with Crippen LogP contribution in [0.25, 0.3) is 0 Å². The molecule has 1 rings (SSSR count). The summed E-state index contributed by atoms with van der Waals surface area (Å²) in [6.45, 7) is 4.65. The Morgan fingerprint density at radius 2 is 2.20 bits per heavy atom. The summed E-state index contributed by atoms with van der Waals surface area (Å²) in [6, 6.07) is 2.98. The number of hydrogen-bond donors (Lipinski definition) is 1. The molecule has 0 aromatic carbocycles. The maximum atomic E-state index is 5.76. The number of anilines is 1. The summed E-state index contributed by atoms with van der Waals surface area (Å²) in [6.07, 6.45) is 1.22. The van der Waals surface area contributed by atoms with Crippen molar-refractivity contribution in [3.8, 4) is 0 Å². The van der Waals surface area contributed by atoms with Gasteiger partial charge in [-0.2, -0.15) is 0 Å². The summed E-state index contributed by atoms with van der Waals surface area (Å²) in [4.78, 5) is 0. The zero-order valence-corrected chi connectivity index (χ0v) is 11.5. The number of rotatable bonds is 5. The van der Waals surface area contributed by atoms with Crippen LogP contribution in [0.4, 0.5) is 5.69 Å². The molecule has 1 aromatic rings. The standard InChI is InChI=1S/C9H15ClN3SSi/c1-15(2)5-3-4-14-9-7(11)6-8(10)12-13-9/h6H,3-5H2,1-2H3,(H2,11,12). The summed E-state index contributed by atoms with van der Waals surface area (Å²) in [7, 11) is -0.107. The van der Waals surface area contributed by atoms with E-state index < -0.39 is 0 Å². The SMILES string of the molecule is C[Si](C)CCCSc1nnc(Cl)cc1N. The van der Waals surface area contributed by atoms with Crippen LogP contribution in [-0.2, 0) is 0 Å². The minimum Gasteiger partial charge on any atom is -0.396 e. The maximum absolute atomic E-state index is 5.76. The summed E-state index contributed by atoms with van der Waals surface area (Å²) in [5, 5.41) is 8.88. The van der Waals surface area contributed by atoms with Gasteiger partial charge in [-0.25, -0.2) is 0 Å². The number of aromatic nitrogens is 2. The van der Waals surface area contributed by atoms with Crippen molar-refractivity contribution in [1.82, 2.24) is 10.2 Å². The number of hydrogen-bond acceptors (Lipinski definition) is 4. The zero-order chi connectivity index (χ0) is 11.3. The molecule has 0 fully saturated rings. The summed E-state index contributed by atoms with van der Waals surface area (Å²) < 4.78 is 0. The van der Waals surface area contributed by atoms with Crippen LogP contribution in [0.2, 0.25) is 24.3 Å². The van der Waals surface area contributed by atoms with E-state index in [4.69, 9.17) is 17.3 Å². The van der Waals surface area contributed by atoms with Crippen molar-refractivity contribution in [2.24, 2.45) is 0 Å². The van der Waals surface area contributed by atoms with Crippen molar-refractivity contribution in [2.75, 3.05) is 11.5 Å². The van der Waals surface area contributed by atoms with Gasteiger partial charge < -0.3 is 5.73 Å². The van der Waals surface area contributed by atoms with Gasteiger partial charge in [0, 0.05) is 14.9 Å². The topological polar surface area (TPSA) is 51.8 Å². The lowest BCUT2D eigenvalue weighted by atomic mass is 10.5. The number of nitrogens with two attached hydrogens (primary N) is 1. The molecule has 0 aliphatic carbocycles. The van der Waals surface area contributed by atoms with Gasteiger partial charge in [-0.15, -0.1) is 22.0 Å². The van der Waals surface area contributed by atoms with E-state index in [1.165, 1.54) is 12.5 Å². The Morgan fingerprint density at radius 3 is 2.80 bits per heavy atom. The lowest BCUT2D eigenvalue weighted by Crippen LogP contribution is -2.00. The van der Waals surface area contributed by atoms with E-state index in [-0.39, 0.29) is 8.80 Å². The van der Waals surface area contributed by atoms with Gasteiger partial charge in [0.25, 0.3) is 0 Å². The Labute approximate surface area is 101 Å². The average molecular weight is 261 g/mol. The molecule has 2 N–H and O–H groups in total. The molecular formula is C9H15ClN3SSi. The van der Waals surface area contributed by atoms with E-state index in [1.54, 1.807) is 17.8 Å². The minimum atomic E-state index is -0.107. The molecule has 0 aliphatic heterocycles. The van der Waals surface area contributed by atoms with Crippen LogP contribution in [0, 0.1) is 0 Å². The third kappa shape index (κ3) is 4.86. The molecule has 0 saturated carbocycles. The minimum absolute atomic E-state index is 0.107. The smallest absolute Gasteiger partial charge is 0.153 e. The van der Waals surface area contributed by atoms with Crippen molar-refractivity contribution >= 4 is 37.8 Å². The third-order valence-corrected chi connectivity index (χ3v) is 4.44. The van der Waals surface area contributed by atoms with Crippen LogP contribution in [0.3, 0.4) is 0 Å². The van der Waals surface area contributed by atoms with E-state index >= 15 is 0 Å². The fraction of sp³-hybridized carbons (Fsp3) is 0.556. The van der Waals surface area contributed by atoms with Crippen LogP contribution in [0.5, 0.6) is 0 Å². The first-order chi connectivity index (χ1) is 7.09. The van der Waals surface area contributed by atoms with Gasteiger partial charge >= 0.3 is 0 Å². The van der Waals surface area contributed by atoms with Crippen LogP contribution >= 0.6 is 23.4 Å². The Balaban J connectivity index is 2.37. The summed E-state index contributed by atoms with van der Waals surface area (Å²) in [5.74, 6) is 1.05. The second-order valence-corrected chi connectivity index (χ2v) is 7.97. The summed E-state index contributed by atoms with van der Waals surface area (Å²) in [5.41, 5.74) is 6.39. The lowest BCUT2D eigenvalue weighted by molar-refractivity contribution is 0.933. The van der Waals surface area contributed by atoms with Crippen molar-refractivity contribution in [1.29, 1.82) is 0 Å². The quantitative estimate of drug-likeness (QED) is 0.502. The molecule has 83 valence electrons. The van der Waals surface area contributed by atoms with Gasteiger partial charge in [0.1, 0.15) is 5.03 Å². The van der Waals surface area contributed by atoms with Gasteiger partial charge in [-0.3, -0.25) is 0 Å². The molecule has 1 heterocycles. The first-order valence-electron chi connectivity index (χ1n) is 4.80. The third-order valence-electron chi connectivity index (χ3n) is 1.82. The van der Waals surface area contributed by atoms with E-state index in [0.29, 0.717) is 10.8 Å². The van der Waals surface area contributed by atoms with E-state index in [9.17, 15) is 0 Å². The Kier molecular flexibility index (Phi) is 5.42. The second kappa shape index (κ2) is 6.35. The van der Waals surface area contributed by atoms with Gasteiger partial charge in [0.05, 0.1) is 5.69 Å². The second-order valence-electron chi connectivity index (χ2n) is 3.59. The zero-order valence-electron chi connectivity index (χ0n) is 8.96. The highest BCUT2D eigenvalue weighted by Gasteiger charge is 2.04. The van der Waals surface area contributed by atoms with Crippen LogP contribution in [0.1, 0.15) is 6.42 Å². The molecule has 1 aromatic heterocycles. The van der Waals surface area contributed by atoms with Crippen LogP contribution in [-0.4, -0.2) is 24.7 Å². The number of thioether (sulfide) groups is 1. The number of halogens is 1. The molecule has 0 aliphatic rings. The first kappa shape index (κ1) is 12.8. The van der Waals surface area contributed by atoms with Crippen molar-refractivity contribution in [2.45, 2.75) is 30.6 Å². The van der Waals surface area contributed by atoms with Gasteiger partial charge in [0.2, 0.25) is 0 Å². The lowest BCUT2D eigenvalue weighted by Gasteiger charge is -2.04. The number of nitrogen functional groups attached to an aromatic ring is 1. The fourth-order valence-corrected chi connectivity index (χ4v) is 3.18. The predicted octanol–water partition coefficient (Wildman–Crippen LogP) is 2.95. The molecule has 15 heavy (non-hydrogen) atoms. The molecule has 0 spiro atoms. The molecule has 0 bridgehead atoms. The predicted molar refractivity (Wildman–Crippen MR) is 69.1 cm³/mol. The molecule has 0 atom stereocenters. The summed E-state index contributed by atoms with van der Waals surface area (Å²) >= 11 is 7.32. The first-order valence-corrected chi connectivity index (χ1v) is 8.87. The highest BCUT2D eigenvalue weighted by molar-refractivity contribution is 7.99. The average Bonchev–Trinajstić information content (AvgIpc) is 2.14. The van der Waals surface area contributed by atoms with Gasteiger partial charge in [0.15, 0.2) is 5.15 Å². The molecule has 3 nitrogen and oxygen atoms in total. The Morgan fingerprint density at radius 1 is 1.47 bits per heavy atom. The highest BCUT2D eigenvalue weighted by atomic mass is 35.5. The van der Waals surface area contributed by atoms with E-state index in [2.05, 4.69) is 23.3 Å². The molecule has 0 unspecified atom stereocenters.